The van der Waals surface area contributed by atoms with E-state index in [-0.39, 0.29) is 11.3 Å². The SMILES string of the molecule is COCC1=CCN(C(=O)CCC(CCN)C(C)(C)C)CC1. The first-order chi connectivity index (χ1) is 9.88. The standard InChI is InChI=1S/C17H32N2O2/c1-17(2,3)15(7-10-18)5-6-16(20)19-11-8-14(9-12-19)13-21-4/h8,15H,5-7,9-13,18H2,1-4H3. The lowest BCUT2D eigenvalue weighted by Crippen LogP contribution is -2.36. The fraction of sp³-hybridized carbons (Fsp3) is 0.824. The van der Waals surface area contributed by atoms with Gasteiger partial charge in [-0.25, -0.2) is 0 Å². The van der Waals surface area contributed by atoms with Gasteiger partial charge in [0, 0.05) is 26.6 Å². The molecule has 0 fully saturated rings. The maximum absolute atomic E-state index is 12.3. The zero-order valence-electron chi connectivity index (χ0n) is 14.2. The van der Waals surface area contributed by atoms with Crippen LogP contribution in [0.2, 0.25) is 0 Å². The van der Waals surface area contributed by atoms with E-state index in [9.17, 15) is 4.79 Å². The molecule has 0 spiro atoms. The number of nitrogens with two attached hydrogens (primary N) is 1. The number of hydrogen-bond donors (Lipinski definition) is 1. The van der Waals surface area contributed by atoms with E-state index < -0.39 is 0 Å². The molecule has 1 amide bonds. The van der Waals surface area contributed by atoms with Crippen LogP contribution in [0.25, 0.3) is 0 Å². The summed E-state index contributed by atoms with van der Waals surface area (Å²) in [7, 11) is 1.71. The van der Waals surface area contributed by atoms with Crippen LogP contribution in [-0.2, 0) is 9.53 Å². The van der Waals surface area contributed by atoms with Crippen molar-refractivity contribution in [3.05, 3.63) is 11.6 Å². The number of amides is 1. The summed E-state index contributed by atoms with van der Waals surface area (Å²) < 4.78 is 5.14. The highest BCUT2D eigenvalue weighted by molar-refractivity contribution is 5.76. The van der Waals surface area contributed by atoms with Crippen LogP contribution in [0.15, 0.2) is 11.6 Å². The molecule has 4 heteroatoms. The van der Waals surface area contributed by atoms with E-state index in [4.69, 9.17) is 10.5 Å². The van der Waals surface area contributed by atoms with Crippen LogP contribution >= 0.6 is 0 Å². The molecule has 0 saturated heterocycles. The highest BCUT2D eigenvalue weighted by Crippen LogP contribution is 2.32. The molecule has 1 aliphatic heterocycles. The second kappa shape index (κ2) is 8.54. The number of methoxy groups -OCH3 is 1. The summed E-state index contributed by atoms with van der Waals surface area (Å²) in [6.45, 7) is 9.64. The maximum atomic E-state index is 12.3. The lowest BCUT2D eigenvalue weighted by Gasteiger charge is -2.32. The van der Waals surface area contributed by atoms with Crippen molar-refractivity contribution in [2.24, 2.45) is 17.1 Å². The van der Waals surface area contributed by atoms with E-state index in [1.807, 2.05) is 4.90 Å². The Kier molecular flexibility index (Phi) is 7.40. The molecule has 1 atom stereocenters. The highest BCUT2D eigenvalue weighted by atomic mass is 16.5. The molecule has 21 heavy (non-hydrogen) atoms. The quantitative estimate of drug-likeness (QED) is 0.735. The van der Waals surface area contributed by atoms with E-state index in [1.54, 1.807) is 7.11 Å². The van der Waals surface area contributed by atoms with Gasteiger partial charge in [0.15, 0.2) is 0 Å². The molecule has 0 bridgehead atoms. The zero-order chi connectivity index (χ0) is 15.9. The summed E-state index contributed by atoms with van der Waals surface area (Å²) in [4.78, 5) is 14.3. The van der Waals surface area contributed by atoms with Crippen LogP contribution in [0.1, 0.15) is 46.5 Å². The lowest BCUT2D eigenvalue weighted by molar-refractivity contribution is -0.131. The van der Waals surface area contributed by atoms with Crippen LogP contribution in [-0.4, -0.2) is 44.2 Å². The number of hydrogen-bond acceptors (Lipinski definition) is 3. The number of nitrogens with zero attached hydrogens (tertiary/aromatic N) is 1. The molecule has 1 heterocycles. The van der Waals surface area contributed by atoms with Crippen LogP contribution < -0.4 is 5.73 Å². The number of carbonyl (C=O) groups is 1. The Morgan fingerprint density at radius 2 is 2.14 bits per heavy atom. The van der Waals surface area contributed by atoms with E-state index in [0.29, 0.717) is 25.5 Å². The summed E-state index contributed by atoms with van der Waals surface area (Å²) in [5.41, 5.74) is 7.22. The molecule has 0 aromatic rings. The lowest BCUT2D eigenvalue weighted by atomic mass is 9.76. The summed E-state index contributed by atoms with van der Waals surface area (Å²) in [6.07, 6.45) is 5.63. The zero-order valence-corrected chi connectivity index (χ0v) is 14.2. The van der Waals surface area contributed by atoms with Gasteiger partial charge in [0.25, 0.3) is 0 Å². The van der Waals surface area contributed by atoms with Crippen LogP contribution in [0, 0.1) is 11.3 Å². The van der Waals surface area contributed by atoms with Gasteiger partial charge in [-0.2, -0.15) is 0 Å². The van der Waals surface area contributed by atoms with Crippen molar-refractivity contribution in [2.45, 2.75) is 46.5 Å². The van der Waals surface area contributed by atoms with Gasteiger partial charge in [0.2, 0.25) is 5.91 Å². The van der Waals surface area contributed by atoms with E-state index in [1.165, 1.54) is 5.57 Å². The van der Waals surface area contributed by atoms with Gasteiger partial charge in [-0.15, -0.1) is 0 Å². The Morgan fingerprint density at radius 3 is 2.62 bits per heavy atom. The topological polar surface area (TPSA) is 55.6 Å². The first-order valence-corrected chi connectivity index (χ1v) is 8.03. The van der Waals surface area contributed by atoms with Crippen molar-refractivity contribution < 1.29 is 9.53 Å². The molecule has 2 N–H and O–H groups in total. The molecule has 0 saturated carbocycles. The predicted octanol–water partition coefficient (Wildman–Crippen LogP) is 2.58. The number of carbonyl (C=O) groups excluding carboxylic acids is 1. The average Bonchev–Trinajstić information content (AvgIpc) is 2.43. The fourth-order valence-corrected chi connectivity index (χ4v) is 2.92. The van der Waals surface area contributed by atoms with Crippen molar-refractivity contribution in [2.75, 3.05) is 33.4 Å². The smallest absolute Gasteiger partial charge is 0.222 e. The van der Waals surface area contributed by atoms with Gasteiger partial charge in [0.1, 0.15) is 0 Å². The average molecular weight is 296 g/mol. The van der Waals surface area contributed by atoms with Gasteiger partial charge in [-0.05, 0) is 42.7 Å². The Morgan fingerprint density at radius 1 is 1.43 bits per heavy atom. The summed E-state index contributed by atoms with van der Waals surface area (Å²) >= 11 is 0. The maximum Gasteiger partial charge on any atom is 0.222 e. The highest BCUT2D eigenvalue weighted by Gasteiger charge is 2.25. The van der Waals surface area contributed by atoms with Crippen molar-refractivity contribution >= 4 is 5.91 Å². The largest absolute Gasteiger partial charge is 0.380 e. The van der Waals surface area contributed by atoms with Crippen molar-refractivity contribution in [3.8, 4) is 0 Å². The van der Waals surface area contributed by atoms with E-state index in [0.717, 1.165) is 32.4 Å². The van der Waals surface area contributed by atoms with Crippen molar-refractivity contribution in [1.29, 1.82) is 0 Å². The Bertz CT molecular complexity index is 358. The molecule has 0 aromatic heterocycles. The summed E-state index contributed by atoms with van der Waals surface area (Å²) in [5, 5.41) is 0. The molecule has 1 unspecified atom stereocenters. The Hall–Kier alpha value is -0.870. The molecule has 0 aliphatic carbocycles. The minimum Gasteiger partial charge on any atom is -0.380 e. The first kappa shape index (κ1) is 18.2. The molecule has 0 aromatic carbocycles. The van der Waals surface area contributed by atoms with Crippen LogP contribution in [0.3, 0.4) is 0 Å². The molecule has 122 valence electrons. The fourth-order valence-electron chi connectivity index (χ4n) is 2.92. The summed E-state index contributed by atoms with van der Waals surface area (Å²) in [6, 6.07) is 0. The molecule has 0 radical (unpaired) electrons. The van der Waals surface area contributed by atoms with Crippen LogP contribution in [0.4, 0.5) is 0 Å². The molecule has 1 aliphatic rings. The normalized spacial score (nSPS) is 17.6. The third-order valence-corrected chi connectivity index (χ3v) is 4.43. The Labute approximate surface area is 129 Å². The van der Waals surface area contributed by atoms with Gasteiger partial charge in [0.05, 0.1) is 6.61 Å². The minimum absolute atomic E-state index is 0.215. The monoisotopic (exact) mass is 296 g/mol. The number of ether oxygens (including phenoxy) is 1. The third-order valence-electron chi connectivity index (χ3n) is 4.43. The Balaban J connectivity index is 2.43. The van der Waals surface area contributed by atoms with Gasteiger partial charge >= 0.3 is 0 Å². The van der Waals surface area contributed by atoms with Gasteiger partial charge in [-0.3, -0.25) is 4.79 Å². The van der Waals surface area contributed by atoms with E-state index >= 15 is 0 Å². The third kappa shape index (κ3) is 6.18. The second-order valence-electron chi connectivity index (χ2n) is 7.06. The first-order valence-electron chi connectivity index (χ1n) is 8.03. The minimum atomic E-state index is 0.215. The van der Waals surface area contributed by atoms with Crippen molar-refractivity contribution in [1.82, 2.24) is 4.90 Å². The van der Waals surface area contributed by atoms with E-state index in [2.05, 4.69) is 26.8 Å². The van der Waals surface area contributed by atoms with Gasteiger partial charge < -0.3 is 15.4 Å². The second-order valence-corrected chi connectivity index (χ2v) is 7.06. The van der Waals surface area contributed by atoms with Crippen molar-refractivity contribution in [3.63, 3.8) is 0 Å². The molecule has 1 rings (SSSR count). The molecular weight excluding hydrogens is 264 g/mol. The molecule has 4 nitrogen and oxygen atoms in total. The predicted molar refractivity (Wildman–Crippen MR) is 87.0 cm³/mol. The van der Waals surface area contributed by atoms with Gasteiger partial charge in [-0.1, -0.05) is 26.8 Å². The number of rotatable bonds is 7. The summed E-state index contributed by atoms with van der Waals surface area (Å²) in [5.74, 6) is 0.782. The molecular formula is C17H32N2O2. The van der Waals surface area contributed by atoms with Crippen LogP contribution in [0.5, 0.6) is 0 Å².